The van der Waals surface area contributed by atoms with Gasteiger partial charge in [0.1, 0.15) is 0 Å². The van der Waals surface area contributed by atoms with Crippen molar-refractivity contribution in [1.82, 2.24) is 5.32 Å². The molecule has 0 aliphatic heterocycles. The van der Waals surface area contributed by atoms with Gasteiger partial charge in [-0.3, -0.25) is 4.79 Å². The fourth-order valence-corrected chi connectivity index (χ4v) is 3.38. The van der Waals surface area contributed by atoms with Crippen LogP contribution in [0.2, 0.25) is 0 Å². The number of amides is 1. The number of carbonyl (C=O) groups is 1. The van der Waals surface area contributed by atoms with Gasteiger partial charge in [-0.05, 0) is 49.9 Å². The van der Waals surface area contributed by atoms with Crippen molar-refractivity contribution in [1.29, 1.82) is 0 Å². The van der Waals surface area contributed by atoms with Gasteiger partial charge in [0.15, 0.2) is 0 Å². The highest BCUT2D eigenvalue weighted by atomic mass is 35.7. The van der Waals surface area contributed by atoms with Crippen molar-refractivity contribution < 1.29 is 13.2 Å². The maximum Gasteiger partial charge on any atom is 0.261 e. The van der Waals surface area contributed by atoms with E-state index in [4.69, 9.17) is 10.7 Å². The first-order chi connectivity index (χ1) is 9.29. The molecule has 1 aromatic rings. The first-order valence-electron chi connectivity index (χ1n) is 6.66. The lowest BCUT2D eigenvalue weighted by Crippen LogP contribution is -2.33. The molecular weight excluding hydrogens is 298 g/mol. The zero-order chi connectivity index (χ0) is 14.9. The maximum absolute atomic E-state index is 12.3. The molecule has 1 saturated carbocycles. The summed E-state index contributed by atoms with van der Waals surface area (Å²) in [5.74, 6) is -0.223. The van der Waals surface area contributed by atoms with E-state index >= 15 is 0 Å². The Hall–Kier alpha value is -1.07. The van der Waals surface area contributed by atoms with Crippen molar-refractivity contribution in [3.63, 3.8) is 0 Å². The van der Waals surface area contributed by atoms with Gasteiger partial charge in [-0.1, -0.05) is 12.8 Å². The van der Waals surface area contributed by atoms with Crippen LogP contribution in [-0.2, 0) is 9.05 Å². The summed E-state index contributed by atoms with van der Waals surface area (Å²) in [6.07, 6.45) is 4.21. The van der Waals surface area contributed by atoms with E-state index in [2.05, 4.69) is 5.32 Å². The average Bonchev–Trinajstić information content (AvgIpc) is 2.83. The Bertz CT molecular complexity index is 634. The van der Waals surface area contributed by atoms with Crippen LogP contribution in [0.4, 0.5) is 0 Å². The van der Waals surface area contributed by atoms with Crippen molar-refractivity contribution in [3.05, 3.63) is 28.8 Å². The van der Waals surface area contributed by atoms with Crippen molar-refractivity contribution in [2.24, 2.45) is 0 Å². The summed E-state index contributed by atoms with van der Waals surface area (Å²) in [5.41, 5.74) is 1.91. The second-order valence-electron chi connectivity index (χ2n) is 5.31. The van der Waals surface area contributed by atoms with Gasteiger partial charge in [-0.2, -0.15) is 0 Å². The highest BCUT2D eigenvalue weighted by molar-refractivity contribution is 8.13. The Morgan fingerprint density at radius 1 is 1.25 bits per heavy atom. The molecule has 20 heavy (non-hydrogen) atoms. The highest BCUT2D eigenvalue weighted by Gasteiger charge is 2.21. The van der Waals surface area contributed by atoms with Gasteiger partial charge >= 0.3 is 0 Å². The molecule has 0 unspecified atom stereocenters. The molecule has 0 aromatic heterocycles. The number of hydrogen-bond acceptors (Lipinski definition) is 3. The van der Waals surface area contributed by atoms with Gasteiger partial charge < -0.3 is 5.32 Å². The van der Waals surface area contributed by atoms with E-state index in [-0.39, 0.29) is 16.8 Å². The first kappa shape index (κ1) is 15.3. The van der Waals surface area contributed by atoms with Crippen LogP contribution in [-0.4, -0.2) is 20.4 Å². The number of rotatable bonds is 3. The maximum atomic E-state index is 12.3. The molecule has 0 saturated heterocycles. The molecule has 0 bridgehead atoms. The van der Waals surface area contributed by atoms with Crippen molar-refractivity contribution in [2.45, 2.75) is 50.5 Å². The quantitative estimate of drug-likeness (QED) is 0.872. The van der Waals surface area contributed by atoms with Gasteiger partial charge in [0, 0.05) is 22.3 Å². The third-order valence-electron chi connectivity index (χ3n) is 3.86. The van der Waals surface area contributed by atoms with E-state index in [0.29, 0.717) is 5.56 Å². The Labute approximate surface area is 123 Å². The van der Waals surface area contributed by atoms with Crippen molar-refractivity contribution in [3.8, 4) is 0 Å². The minimum atomic E-state index is -3.83. The molecule has 1 aliphatic carbocycles. The Morgan fingerprint density at radius 2 is 1.85 bits per heavy atom. The summed E-state index contributed by atoms with van der Waals surface area (Å²) in [7, 11) is 1.54. The monoisotopic (exact) mass is 315 g/mol. The fourth-order valence-electron chi connectivity index (χ4n) is 2.54. The molecule has 1 aromatic carbocycles. The summed E-state index contributed by atoms with van der Waals surface area (Å²) in [5, 5.41) is 2.97. The number of benzene rings is 1. The molecule has 6 heteroatoms. The third-order valence-corrected chi connectivity index (χ3v) is 5.19. The highest BCUT2D eigenvalue weighted by Crippen LogP contribution is 2.24. The van der Waals surface area contributed by atoms with Crippen LogP contribution in [0.5, 0.6) is 0 Å². The summed E-state index contributed by atoms with van der Waals surface area (Å²) >= 11 is 0. The molecule has 1 amide bonds. The van der Waals surface area contributed by atoms with Crippen LogP contribution in [0.15, 0.2) is 17.0 Å². The number of hydrogen-bond donors (Lipinski definition) is 1. The van der Waals surface area contributed by atoms with E-state index in [1.807, 2.05) is 6.92 Å². The van der Waals surface area contributed by atoms with E-state index in [0.717, 1.165) is 36.8 Å². The van der Waals surface area contributed by atoms with Gasteiger partial charge in [0.2, 0.25) is 0 Å². The van der Waals surface area contributed by atoms with E-state index in [9.17, 15) is 13.2 Å². The number of aryl methyl sites for hydroxylation is 1. The Morgan fingerprint density at radius 3 is 2.40 bits per heavy atom. The lowest BCUT2D eigenvalue weighted by molar-refractivity contribution is 0.0937. The standard InChI is InChI=1S/C14H18ClNO3S/c1-9-7-12(20(15,18)19)8-13(10(9)2)14(17)16-11-5-3-4-6-11/h7-8,11H,3-6H2,1-2H3,(H,16,17). The average molecular weight is 316 g/mol. The van der Waals surface area contributed by atoms with Gasteiger partial charge in [0.05, 0.1) is 4.90 Å². The molecule has 1 aliphatic rings. The fraction of sp³-hybridized carbons (Fsp3) is 0.500. The van der Waals surface area contributed by atoms with Crippen LogP contribution in [0.1, 0.15) is 47.2 Å². The van der Waals surface area contributed by atoms with Crippen molar-refractivity contribution in [2.75, 3.05) is 0 Å². The zero-order valence-corrected chi connectivity index (χ0v) is 13.1. The summed E-state index contributed by atoms with van der Waals surface area (Å²) in [6, 6.07) is 3.04. The lowest BCUT2D eigenvalue weighted by Gasteiger charge is -2.15. The van der Waals surface area contributed by atoms with Crippen LogP contribution in [0.3, 0.4) is 0 Å². The van der Waals surface area contributed by atoms with Gasteiger partial charge in [-0.25, -0.2) is 8.42 Å². The molecule has 2 rings (SSSR count). The smallest absolute Gasteiger partial charge is 0.261 e. The van der Waals surface area contributed by atoms with Crippen LogP contribution >= 0.6 is 10.7 Å². The molecule has 4 nitrogen and oxygen atoms in total. The van der Waals surface area contributed by atoms with E-state index in [1.54, 1.807) is 6.92 Å². The van der Waals surface area contributed by atoms with Crippen molar-refractivity contribution >= 4 is 25.6 Å². The molecule has 110 valence electrons. The second kappa shape index (κ2) is 5.74. The summed E-state index contributed by atoms with van der Waals surface area (Å²) < 4.78 is 22.9. The molecule has 0 spiro atoms. The predicted molar refractivity (Wildman–Crippen MR) is 78.7 cm³/mol. The number of nitrogens with one attached hydrogen (secondary N) is 1. The predicted octanol–water partition coefficient (Wildman–Crippen LogP) is 2.90. The molecule has 1 N–H and O–H groups in total. The second-order valence-corrected chi connectivity index (χ2v) is 7.87. The SMILES string of the molecule is Cc1cc(S(=O)(=O)Cl)cc(C(=O)NC2CCCC2)c1C. The van der Waals surface area contributed by atoms with Crippen LogP contribution in [0.25, 0.3) is 0 Å². The van der Waals surface area contributed by atoms with E-state index < -0.39 is 9.05 Å². The van der Waals surface area contributed by atoms with Gasteiger partial charge in [0.25, 0.3) is 15.0 Å². The largest absolute Gasteiger partial charge is 0.349 e. The lowest BCUT2D eigenvalue weighted by atomic mass is 10.0. The topological polar surface area (TPSA) is 63.2 Å². The molecule has 0 radical (unpaired) electrons. The first-order valence-corrected chi connectivity index (χ1v) is 8.97. The van der Waals surface area contributed by atoms with Gasteiger partial charge in [-0.15, -0.1) is 0 Å². The minimum absolute atomic E-state index is 0.0289. The number of halogens is 1. The molecule has 0 atom stereocenters. The molecule has 1 fully saturated rings. The molecular formula is C14H18ClNO3S. The normalized spacial score (nSPS) is 16.4. The Kier molecular flexibility index (Phi) is 4.39. The Balaban J connectivity index is 2.34. The minimum Gasteiger partial charge on any atom is -0.349 e. The number of carbonyl (C=O) groups excluding carboxylic acids is 1. The molecule has 0 heterocycles. The summed E-state index contributed by atoms with van der Waals surface area (Å²) in [4.78, 5) is 12.3. The summed E-state index contributed by atoms with van der Waals surface area (Å²) in [6.45, 7) is 3.58. The zero-order valence-electron chi connectivity index (χ0n) is 11.6. The van der Waals surface area contributed by atoms with E-state index in [1.165, 1.54) is 12.1 Å². The third kappa shape index (κ3) is 3.33. The van der Waals surface area contributed by atoms with Crippen LogP contribution < -0.4 is 5.32 Å². The van der Waals surface area contributed by atoms with Crippen LogP contribution in [0, 0.1) is 13.8 Å².